The molecule has 116 valence electrons. The number of halogens is 1. The van der Waals surface area contributed by atoms with Crippen LogP contribution in [0.2, 0.25) is 0 Å². The van der Waals surface area contributed by atoms with E-state index in [0.717, 1.165) is 6.07 Å². The molecule has 0 bridgehead atoms. The molecule has 7 heteroatoms. The number of amides is 1. The lowest BCUT2D eigenvalue weighted by molar-refractivity contribution is -0.129. The van der Waals surface area contributed by atoms with Crippen molar-refractivity contribution in [2.45, 2.75) is 19.4 Å². The molecule has 0 fully saturated rings. The lowest BCUT2D eigenvalue weighted by atomic mass is 10.2. The summed E-state index contributed by atoms with van der Waals surface area (Å²) in [7, 11) is 1.57. The molecular formula is C14H19FN2O4. The maximum atomic E-state index is 13.0. The molecule has 1 aromatic carbocycles. The Labute approximate surface area is 122 Å². The van der Waals surface area contributed by atoms with Crippen LogP contribution >= 0.6 is 0 Å². The average molecular weight is 298 g/mol. The van der Waals surface area contributed by atoms with Crippen LogP contribution in [0.5, 0.6) is 0 Å². The number of esters is 1. The number of carbonyl (C=O) groups is 2. The van der Waals surface area contributed by atoms with E-state index in [1.165, 1.54) is 19.1 Å². The van der Waals surface area contributed by atoms with E-state index in [0.29, 0.717) is 19.6 Å². The minimum absolute atomic E-state index is 0.0907. The molecule has 0 aliphatic heterocycles. The molecule has 1 rings (SSSR count). The van der Waals surface area contributed by atoms with Crippen molar-refractivity contribution < 1.29 is 23.5 Å². The van der Waals surface area contributed by atoms with Crippen LogP contribution in [0.3, 0.4) is 0 Å². The van der Waals surface area contributed by atoms with Crippen molar-refractivity contribution in [3.63, 3.8) is 0 Å². The van der Waals surface area contributed by atoms with E-state index in [1.807, 2.05) is 0 Å². The Morgan fingerprint density at radius 1 is 1.43 bits per heavy atom. The van der Waals surface area contributed by atoms with Gasteiger partial charge in [-0.05, 0) is 31.5 Å². The molecule has 0 aromatic heterocycles. The third-order valence-corrected chi connectivity index (χ3v) is 2.71. The molecule has 1 aromatic rings. The Hall–Kier alpha value is -2.15. The number of rotatable bonds is 7. The van der Waals surface area contributed by atoms with Crippen LogP contribution in [0.4, 0.5) is 10.1 Å². The summed E-state index contributed by atoms with van der Waals surface area (Å²) in [6.07, 6.45) is -0.288. The zero-order chi connectivity index (χ0) is 15.8. The molecule has 0 aliphatic carbocycles. The van der Waals surface area contributed by atoms with Crippen molar-refractivity contribution in [1.29, 1.82) is 0 Å². The van der Waals surface area contributed by atoms with Crippen molar-refractivity contribution >= 4 is 17.6 Å². The summed E-state index contributed by atoms with van der Waals surface area (Å²) in [6, 6.07) is 3.49. The molecule has 0 saturated carbocycles. The second-order valence-electron chi connectivity index (χ2n) is 4.42. The van der Waals surface area contributed by atoms with Crippen LogP contribution in [0.1, 0.15) is 23.7 Å². The second-order valence-corrected chi connectivity index (χ2v) is 4.42. The SMILES string of the molecule is COCCCNC(=O)C(C)OC(=O)c1ccc(F)c(N)c1. The van der Waals surface area contributed by atoms with Gasteiger partial charge in [0.1, 0.15) is 5.82 Å². The van der Waals surface area contributed by atoms with Crippen molar-refractivity contribution in [2.75, 3.05) is 26.0 Å². The van der Waals surface area contributed by atoms with Crippen LogP contribution in [0, 0.1) is 5.82 Å². The number of anilines is 1. The van der Waals surface area contributed by atoms with Gasteiger partial charge in [-0.1, -0.05) is 0 Å². The molecule has 6 nitrogen and oxygen atoms in total. The Morgan fingerprint density at radius 3 is 2.76 bits per heavy atom. The van der Waals surface area contributed by atoms with Gasteiger partial charge in [0, 0.05) is 20.3 Å². The van der Waals surface area contributed by atoms with Crippen molar-refractivity contribution in [2.24, 2.45) is 0 Å². The maximum absolute atomic E-state index is 13.0. The first-order valence-corrected chi connectivity index (χ1v) is 6.48. The number of hydrogen-bond acceptors (Lipinski definition) is 5. The quantitative estimate of drug-likeness (QED) is 0.447. The summed E-state index contributed by atoms with van der Waals surface area (Å²) in [5.74, 6) is -1.76. The van der Waals surface area contributed by atoms with Gasteiger partial charge in [-0.25, -0.2) is 9.18 Å². The smallest absolute Gasteiger partial charge is 0.338 e. The standard InChI is InChI=1S/C14H19FN2O4/c1-9(13(18)17-6-3-7-20-2)21-14(19)10-4-5-11(15)12(16)8-10/h4-5,8-9H,3,6-7,16H2,1-2H3,(H,17,18). The maximum Gasteiger partial charge on any atom is 0.338 e. The molecule has 1 unspecified atom stereocenters. The van der Waals surface area contributed by atoms with Crippen LogP contribution in [0.25, 0.3) is 0 Å². The second kappa shape index (κ2) is 8.21. The molecule has 0 radical (unpaired) electrons. The minimum atomic E-state index is -0.952. The number of nitrogens with two attached hydrogens (primary N) is 1. The van der Waals surface area contributed by atoms with E-state index in [1.54, 1.807) is 7.11 Å². The van der Waals surface area contributed by atoms with Gasteiger partial charge in [0.05, 0.1) is 11.3 Å². The van der Waals surface area contributed by atoms with E-state index < -0.39 is 23.8 Å². The summed E-state index contributed by atoms with van der Waals surface area (Å²) in [6.45, 7) is 2.41. The largest absolute Gasteiger partial charge is 0.449 e. The summed E-state index contributed by atoms with van der Waals surface area (Å²) < 4.78 is 22.8. The number of carbonyl (C=O) groups excluding carboxylic acids is 2. The van der Waals surface area contributed by atoms with Gasteiger partial charge in [-0.2, -0.15) is 0 Å². The number of methoxy groups -OCH3 is 1. The van der Waals surface area contributed by atoms with E-state index in [2.05, 4.69) is 5.32 Å². The third-order valence-electron chi connectivity index (χ3n) is 2.71. The molecular weight excluding hydrogens is 279 g/mol. The van der Waals surface area contributed by atoms with Crippen LogP contribution in [-0.2, 0) is 14.3 Å². The first kappa shape index (κ1) is 16.9. The van der Waals surface area contributed by atoms with Crippen LogP contribution < -0.4 is 11.1 Å². The molecule has 3 N–H and O–H groups in total. The fourth-order valence-electron chi connectivity index (χ4n) is 1.52. The zero-order valence-electron chi connectivity index (χ0n) is 12.0. The minimum Gasteiger partial charge on any atom is -0.449 e. The zero-order valence-corrected chi connectivity index (χ0v) is 12.0. The third kappa shape index (κ3) is 5.39. The summed E-state index contributed by atoms with van der Waals surface area (Å²) in [5, 5.41) is 2.61. The first-order valence-electron chi connectivity index (χ1n) is 6.48. The Bertz CT molecular complexity index is 508. The summed E-state index contributed by atoms with van der Waals surface area (Å²) in [4.78, 5) is 23.5. The Balaban J connectivity index is 2.49. The number of nitrogen functional groups attached to an aromatic ring is 1. The highest BCUT2D eigenvalue weighted by Crippen LogP contribution is 2.13. The van der Waals surface area contributed by atoms with Gasteiger partial charge in [-0.3, -0.25) is 4.79 Å². The lowest BCUT2D eigenvalue weighted by Gasteiger charge is -2.13. The molecule has 0 heterocycles. The van der Waals surface area contributed by atoms with E-state index >= 15 is 0 Å². The Morgan fingerprint density at radius 2 is 2.14 bits per heavy atom. The van der Waals surface area contributed by atoms with Gasteiger partial charge in [0.2, 0.25) is 0 Å². The molecule has 0 saturated heterocycles. The fraction of sp³-hybridized carbons (Fsp3) is 0.429. The van der Waals surface area contributed by atoms with E-state index in [4.69, 9.17) is 15.2 Å². The fourth-order valence-corrected chi connectivity index (χ4v) is 1.52. The van der Waals surface area contributed by atoms with Gasteiger partial charge < -0.3 is 20.5 Å². The summed E-state index contributed by atoms with van der Waals surface area (Å²) >= 11 is 0. The highest BCUT2D eigenvalue weighted by atomic mass is 19.1. The normalized spacial score (nSPS) is 11.8. The van der Waals surface area contributed by atoms with Gasteiger partial charge >= 0.3 is 5.97 Å². The average Bonchev–Trinajstić information content (AvgIpc) is 2.46. The van der Waals surface area contributed by atoms with Gasteiger partial charge in [0.25, 0.3) is 5.91 Å². The van der Waals surface area contributed by atoms with Crippen molar-refractivity contribution in [3.8, 4) is 0 Å². The monoisotopic (exact) mass is 298 g/mol. The predicted molar refractivity (Wildman–Crippen MR) is 75.2 cm³/mol. The molecule has 0 spiro atoms. The van der Waals surface area contributed by atoms with Crippen LogP contribution in [0.15, 0.2) is 18.2 Å². The lowest BCUT2D eigenvalue weighted by Crippen LogP contribution is -2.36. The first-order chi connectivity index (χ1) is 9.95. The molecule has 1 atom stereocenters. The van der Waals surface area contributed by atoms with E-state index in [9.17, 15) is 14.0 Å². The molecule has 0 aliphatic rings. The number of benzene rings is 1. The predicted octanol–water partition coefficient (Wildman–Crippen LogP) is 1.11. The van der Waals surface area contributed by atoms with Gasteiger partial charge in [0.15, 0.2) is 6.10 Å². The van der Waals surface area contributed by atoms with Crippen molar-refractivity contribution in [3.05, 3.63) is 29.6 Å². The molecule has 1 amide bonds. The molecule has 21 heavy (non-hydrogen) atoms. The van der Waals surface area contributed by atoms with Gasteiger partial charge in [-0.15, -0.1) is 0 Å². The highest BCUT2D eigenvalue weighted by molar-refractivity contribution is 5.93. The van der Waals surface area contributed by atoms with Crippen molar-refractivity contribution in [1.82, 2.24) is 5.32 Å². The number of ether oxygens (including phenoxy) is 2. The van der Waals surface area contributed by atoms with Crippen LogP contribution in [-0.4, -0.2) is 38.2 Å². The van der Waals surface area contributed by atoms with E-state index in [-0.39, 0.29) is 11.3 Å². The number of nitrogens with one attached hydrogen (secondary N) is 1. The number of hydrogen-bond donors (Lipinski definition) is 2. The highest BCUT2D eigenvalue weighted by Gasteiger charge is 2.19. The summed E-state index contributed by atoms with van der Waals surface area (Å²) in [5.41, 5.74) is 5.31. The topological polar surface area (TPSA) is 90.6 Å². The Kier molecular flexibility index (Phi) is 6.61.